The number of ketones is 2. The summed E-state index contributed by atoms with van der Waals surface area (Å²) in [6.45, 7) is 8.38. The summed E-state index contributed by atoms with van der Waals surface area (Å²) in [6, 6.07) is -0.292. The highest BCUT2D eigenvalue weighted by molar-refractivity contribution is 6.05. The number of aromatic amines is 1. The maximum Gasteiger partial charge on any atom is 0.308 e. The van der Waals surface area contributed by atoms with Gasteiger partial charge in [0.2, 0.25) is 0 Å². The van der Waals surface area contributed by atoms with E-state index in [2.05, 4.69) is 9.88 Å². The van der Waals surface area contributed by atoms with E-state index in [1.807, 2.05) is 20.8 Å². The number of piperidine rings is 1. The Labute approximate surface area is 142 Å². The normalized spacial score (nSPS) is 17.5. The Kier molecular flexibility index (Phi) is 5.59. The van der Waals surface area contributed by atoms with Crippen LogP contribution in [-0.4, -0.2) is 53.7 Å². The number of likely N-dealkylation sites (tertiary alicyclic amines) is 1. The first-order chi connectivity index (χ1) is 11.3. The molecule has 1 aliphatic rings. The molecule has 1 aromatic heterocycles. The zero-order valence-corrected chi connectivity index (χ0v) is 15.1. The second-order valence-electron chi connectivity index (χ2n) is 6.55. The fraction of sp³-hybridized carbons (Fsp3) is 0.611. The van der Waals surface area contributed by atoms with Crippen molar-refractivity contribution in [2.45, 2.75) is 46.6 Å². The maximum atomic E-state index is 12.8. The van der Waals surface area contributed by atoms with Gasteiger partial charge in [-0.2, -0.15) is 0 Å². The fourth-order valence-corrected chi connectivity index (χ4v) is 3.59. The van der Waals surface area contributed by atoms with Gasteiger partial charge < -0.3 is 9.72 Å². The van der Waals surface area contributed by atoms with Crippen LogP contribution >= 0.6 is 0 Å². The van der Waals surface area contributed by atoms with Crippen LogP contribution in [0.5, 0.6) is 0 Å². The van der Waals surface area contributed by atoms with Crippen LogP contribution in [0.3, 0.4) is 0 Å². The highest BCUT2D eigenvalue weighted by atomic mass is 16.5. The van der Waals surface area contributed by atoms with Crippen LogP contribution in [0.4, 0.5) is 0 Å². The quantitative estimate of drug-likeness (QED) is 0.660. The SMILES string of the molecule is COC(=O)C1CCN(C(C)C(=O)c2[nH]c(C)c(C(C)=O)c2C)CC1. The summed E-state index contributed by atoms with van der Waals surface area (Å²) < 4.78 is 4.79. The molecule has 1 N–H and O–H groups in total. The van der Waals surface area contributed by atoms with Gasteiger partial charge in [-0.25, -0.2) is 0 Å². The van der Waals surface area contributed by atoms with Gasteiger partial charge in [-0.05, 0) is 59.2 Å². The third kappa shape index (κ3) is 3.43. The summed E-state index contributed by atoms with van der Waals surface area (Å²) in [4.78, 5) is 41.4. The Hall–Kier alpha value is -1.95. The number of Topliss-reactive ketones (excluding diaryl/α,β-unsaturated/α-hetero) is 2. The summed E-state index contributed by atoms with van der Waals surface area (Å²) in [5.41, 5.74) is 2.58. The van der Waals surface area contributed by atoms with Crippen molar-refractivity contribution >= 4 is 17.5 Å². The molecular weight excluding hydrogens is 308 g/mol. The van der Waals surface area contributed by atoms with Gasteiger partial charge in [-0.3, -0.25) is 19.3 Å². The molecule has 0 saturated carbocycles. The molecule has 0 spiro atoms. The first-order valence-corrected chi connectivity index (χ1v) is 8.34. The minimum absolute atomic E-state index is 0.0142. The number of aromatic nitrogens is 1. The van der Waals surface area contributed by atoms with Crippen LogP contribution in [-0.2, 0) is 9.53 Å². The number of H-pyrrole nitrogens is 1. The molecule has 0 radical (unpaired) electrons. The van der Waals surface area contributed by atoms with Crippen LogP contribution < -0.4 is 0 Å². The van der Waals surface area contributed by atoms with Gasteiger partial charge in [-0.15, -0.1) is 0 Å². The Morgan fingerprint density at radius 2 is 1.79 bits per heavy atom. The van der Waals surface area contributed by atoms with Gasteiger partial charge in [0.15, 0.2) is 11.6 Å². The number of ether oxygens (including phenoxy) is 1. The molecule has 132 valence electrons. The first-order valence-electron chi connectivity index (χ1n) is 8.34. The second kappa shape index (κ2) is 7.30. The minimum Gasteiger partial charge on any atom is -0.469 e. The Bertz CT molecular complexity index is 654. The summed E-state index contributed by atoms with van der Waals surface area (Å²) in [7, 11) is 1.41. The van der Waals surface area contributed by atoms with Crippen molar-refractivity contribution in [3.05, 3.63) is 22.5 Å². The molecule has 1 fully saturated rings. The monoisotopic (exact) mass is 334 g/mol. The number of esters is 1. The maximum absolute atomic E-state index is 12.8. The Morgan fingerprint density at radius 1 is 1.21 bits per heavy atom. The van der Waals surface area contributed by atoms with Crippen LogP contribution in [0.15, 0.2) is 0 Å². The zero-order valence-electron chi connectivity index (χ0n) is 15.1. The molecule has 1 unspecified atom stereocenters. The number of nitrogens with zero attached hydrogens (tertiary/aromatic N) is 1. The average molecular weight is 334 g/mol. The number of rotatable bonds is 5. The molecule has 6 heteroatoms. The van der Waals surface area contributed by atoms with Crippen LogP contribution in [0.1, 0.15) is 58.8 Å². The van der Waals surface area contributed by atoms with Gasteiger partial charge in [-0.1, -0.05) is 0 Å². The molecule has 0 amide bonds. The molecule has 1 aliphatic heterocycles. The molecule has 0 bridgehead atoms. The lowest BCUT2D eigenvalue weighted by molar-refractivity contribution is -0.147. The van der Waals surface area contributed by atoms with E-state index in [-0.39, 0.29) is 29.5 Å². The number of carbonyl (C=O) groups excluding carboxylic acids is 3. The van der Waals surface area contributed by atoms with E-state index in [0.717, 1.165) is 11.3 Å². The number of hydrogen-bond donors (Lipinski definition) is 1. The summed E-state index contributed by atoms with van der Waals surface area (Å²) in [6.07, 6.45) is 1.40. The molecule has 0 aliphatic carbocycles. The predicted molar refractivity (Wildman–Crippen MR) is 90.4 cm³/mol. The van der Waals surface area contributed by atoms with Gasteiger partial charge in [0.1, 0.15) is 0 Å². The number of methoxy groups -OCH3 is 1. The lowest BCUT2D eigenvalue weighted by Gasteiger charge is -2.34. The lowest BCUT2D eigenvalue weighted by Crippen LogP contribution is -2.45. The van der Waals surface area contributed by atoms with E-state index in [9.17, 15) is 14.4 Å². The van der Waals surface area contributed by atoms with Gasteiger partial charge >= 0.3 is 5.97 Å². The van der Waals surface area contributed by atoms with Crippen LogP contribution in [0, 0.1) is 19.8 Å². The van der Waals surface area contributed by atoms with E-state index in [4.69, 9.17) is 4.74 Å². The summed E-state index contributed by atoms with van der Waals surface area (Å²) in [5.74, 6) is -0.297. The van der Waals surface area contributed by atoms with Crippen LogP contribution in [0.2, 0.25) is 0 Å². The second-order valence-corrected chi connectivity index (χ2v) is 6.55. The van der Waals surface area contributed by atoms with Crippen molar-refractivity contribution in [2.75, 3.05) is 20.2 Å². The van der Waals surface area contributed by atoms with Crippen molar-refractivity contribution in [1.29, 1.82) is 0 Å². The molecule has 6 nitrogen and oxygen atoms in total. The predicted octanol–water partition coefficient (Wildman–Crippen LogP) is 2.29. The van der Waals surface area contributed by atoms with E-state index in [1.54, 1.807) is 0 Å². The average Bonchev–Trinajstić information content (AvgIpc) is 2.87. The highest BCUT2D eigenvalue weighted by Crippen LogP contribution is 2.24. The molecule has 24 heavy (non-hydrogen) atoms. The molecule has 2 rings (SSSR count). The summed E-state index contributed by atoms with van der Waals surface area (Å²) in [5, 5.41) is 0. The molecule has 1 saturated heterocycles. The summed E-state index contributed by atoms with van der Waals surface area (Å²) >= 11 is 0. The number of hydrogen-bond acceptors (Lipinski definition) is 5. The first kappa shape index (κ1) is 18.4. The zero-order chi connectivity index (χ0) is 18.0. The minimum atomic E-state index is -0.292. The standard InChI is InChI=1S/C18H26N2O4/c1-10-15(13(4)21)11(2)19-16(10)17(22)12(3)20-8-6-14(7-9-20)18(23)24-5/h12,14,19H,6-9H2,1-5H3. The molecule has 2 heterocycles. The number of aryl methyl sites for hydroxylation is 1. The Morgan fingerprint density at radius 3 is 2.25 bits per heavy atom. The van der Waals surface area contributed by atoms with Crippen molar-refractivity contribution in [1.82, 2.24) is 9.88 Å². The van der Waals surface area contributed by atoms with Crippen molar-refractivity contribution in [2.24, 2.45) is 5.92 Å². The van der Waals surface area contributed by atoms with Gasteiger partial charge in [0.05, 0.1) is 24.8 Å². The highest BCUT2D eigenvalue weighted by Gasteiger charge is 2.32. The van der Waals surface area contributed by atoms with E-state index < -0.39 is 0 Å². The molecular formula is C18H26N2O4. The molecule has 0 aromatic carbocycles. The number of nitrogens with one attached hydrogen (secondary N) is 1. The van der Waals surface area contributed by atoms with E-state index in [1.165, 1.54) is 14.0 Å². The fourth-order valence-electron chi connectivity index (χ4n) is 3.59. The molecule has 1 atom stereocenters. The third-order valence-electron chi connectivity index (χ3n) is 5.03. The van der Waals surface area contributed by atoms with Crippen molar-refractivity contribution in [3.8, 4) is 0 Å². The Balaban J connectivity index is 2.10. The third-order valence-corrected chi connectivity index (χ3v) is 5.03. The largest absolute Gasteiger partial charge is 0.469 e. The molecule has 1 aromatic rings. The van der Waals surface area contributed by atoms with E-state index >= 15 is 0 Å². The van der Waals surface area contributed by atoms with Crippen LogP contribution in [0.25, 0.3) is 0 Å². The van der Waals surface area contributed by atoms with Crippen molar-refractivity contribution in [3.63, 3.8) is 0 Å². The van der Waals surface area contributed by atoms with E-state index in [0.29, 0.717) is 37.2 Å². The van der Waals surface area contributed by atoms with Gasteiger partial charge in [0, 0.05) is 11.3 Å². The lowest BCUT2D eigenvalue weighted by atomic mass is 9.94. The van der Waals surface area contributed by atoms with Crippen molar-refractivity contribution < 1.29 is 19.1 Å². The topological polar surface area (TPSA) is 79.5 Å². The van der Waals surface area contributed by atoms with Gasteiger partial charge in [0.25, 0.3) is 0 Å². The number of carbonyl (C=O) groups is 3. The smallest absolute Gasteiger partial charge is 0.308 e.